The molecular formula is C20H26N4O3. The number of hydrogen-bond acceptors (Lipinski definition) is 5. The quantitative estimate of drug-likeness (QED) is 0.780. The third-order valence-corrected chi connectivity index (χ3v) is 4.90. The first-order valence-electron chi connectivity index (χ1n) is 9.34. The van der Waals surface area contributed by atoms with Crippen molar-refractivity contribution in [3.05, 3.63) is 47.3 Å². The third-order valence-electron chi connectivity index (χ3n) is 4.90. The van der Waals surface area contributed by atoms with Crippen LogP contribution in [-0.4, -0.2) is 35.0 Å². The van der Waals surface area contributed by atoms with Gasteiger partial charge in [-0.1, -0.05) is 19.0 Å². The van der Waals surface area contributed by atoms with Gasteiger partial charge in [-0.05, 0) is 43.7 Å². The lowest BCUT2D eigenvalue weighted by Crippen LogP contribution is -2.28. The third kappa shape index (κ3) is 4.74. The van der Waals surface area contributed by atoms with Crippen molar-refractivity contribution in [1.82, 2.24) is 10.1 Å². The first-order chi connectivity index (χ1) is 12.9. The molecule has 0 spiro atoms. The van der Waals surface area contributed by atoms with Crippen LogP contribution in [0.25, 0.3) is 0 Å². The molecule has 0 aliphatic carbocycles. The molecule has 3 rings (SSSR count). The number of amides is 2. The van der Waals surface area contributed by atoms with E-state index in [1.54, 1.807) is 24.3 Å². The minimum Gasteiger partial charge on any atom is -0.366 e. The maximum atomic E-state index is 12.3. The van der Waals surface area contributed by atoms with E-state index in [1.807, 2.05) is 6.07 Å². The standard InChI is InChI=1S/C20H26N4O3/c1-13(2)18-12-16(23-27-18)17-4-3-10-24(17)11-9-19(25)22-15-7-5-14(6-8-15)20(21)26/h5-8,12-13,17H,3-4,9-11H2,1-2H3,(H2,21,26)(H,22,25)/t17-/m1/s1. The van der Waals surface area contributed by atoms with Crippen molar-refractivity contribution < 1.29 is 14.1 Å². The Kier molecular flexibility index (Phi) is 5.91. The number of primary amides is 1. The Morgan fingerprint density at radius 2 is 2.07 bits per heavy atom. The minimum absolute atomic E-state index is 0.0597. The van der Waals surface area contributed by atoms with Gasteiger partial charge in [0.1, 0.15) is 11.5 Å². The maximum absolute atomic E-state index is 12.3. The van der Waals surface area contributed by atoms with Gasteiger partial charge in [-0.3, -0.25) is 14.5 Å². The van der Waals surface area contributed by atoms with Gasteiger partial charge in [0.25, 0.3) is 0 Å². The molecule has 1 aliphatic heterocycles. The van der Waals surface area contributed by atoms with Crippen LogP contribution in [0.15, 0.2) is 34.9 Å². The van der Waals surface area contributed by atoms with Crippen LogP contribution in [0.1, 0.15) is 66.9 Å². The Morgan fingerprint density at radius 1 is 1.33 bits per heavy atom. The second-order valence-corrected chi connectivity index (χ2v) is 7.24. The summed E-state index contributed by atoms with van der Waals surface area (Å²) in [6, 6.07) is 8.81. The zero-order valence-corrected chi connectivity index (χ0v) is 15.8. The van der Waals surface area contributed by atoms with Crippen LogP contribution in [0.2, 0.25) is 0 Å². The molecule has 144 valence electrons. The fraction of sp³-hybridized carbons (Fsp3) is 0.450. The van der Waals surface area contributed by atoms with Crippen molar-refractivity contribution in [3.63, 3.8) is 0 Å². The molecule has 27 heavy (non-hydrogen) atoms. The highest BCUT2D eigenvalue weighted by Gasteiger charge is 2.29. The van der Waals surface area contributed by atoms with E-state index in [9.17, 15) is 9.59 Å². The van der Waals surface area contributed by atoms with E-state index in [1.165, 1.54) is 0 Å². The molecule has 3 N–H and O–H groups in total. The predicted octanol–water partition coefficient (Wildman–Crippen LogP) is 3.06. The second-order valence-electron chi connectivity index (χ2n) is 7.24. The first kappa shape index (κ1) is 19.1. The van der Waals surface area contributed by atoms with E-state index >= 15 is 0 Å². The van der Waals surface area contributed by atoms with Gasteiger partial charge in [0.05, 0.1) is 6.04 Å². The highest BCUT2D eigenvalue weighted by Crippen LogP contribution is 2.32. The average Bonchev–Trinajstić information content (AvgIpc) is 3.29. The molecule has 1 fully saturated rings. The van der Waals surface area contributed by atoms with Crippen molar-refractivity contribution in [2.75, 3.05) is 18.4 Å². The molecule has 0 bridgehead atoms. The number of hydrogen-bond donors (Lipinski definition) is 2. The van der Waals surface area contributed by atoms with E-state index in [0.29, 0.717) is 30.1 Å². The highest BCUT2D eigenvalue weighted by atomic mass is 16.5. The lowest BCUT2D eigenvalue weighted by Gasteiger charge is -2.22. The van der Waals surface area contributed by atoms with E-state index in [0.717, 1.165) is 30.8 Å². The summed E-state index contributed by atoms with van der Waals surface area (Å²) in [6.45, 7) is 5.78. The molecule has 2 amide bonds. The van der Waals surface area contributed by atoms with Gasteiger partial charge in [0, 0.05) is 36.2 Å². The number of aromatic nitrogens is 1. The summed E-state index contributed by atoms with van der Waals surface area (Å²) in [4.78, 5) is 25.6. The molecule has 0 saturated carbocycles. The molecule has 2 aromatic rings. The number of anilines is 1. The molecule has 0 radical (unpaired) electrons. The van der Waals surface area contributed by atoms with Crippen molar-refractivity contribution >= 4 is 17.5 Å². The van der Waals surface area contributed by atoms with Crippen molar-refractivity contribution in [1.29, 1.82) is 0 Å². The van der Waals surface area contributed by atoms with Crippen LogP contribution >= 0.6 is 0 Å². The number of carbonyl (C=O) groups excluding carboxylic acids is 2. The molecule has 1 aliphatic rings. The summed E-state index contributed by atoms with van der Waals surface area (Å²) in [6.07, 6.45) is 2.51. The maximum Gasteiger partial charge on any atom is 0.248 e. The Balaban J connectivity index is 1.53. The zero-order chi connectivity index (χ0) is 19.4. The smallest absolute Gasteiger partial charge is 0.248 e. The summed E-state index contributed by atoms with van der Waals surface area (Å²) >= 11 is 0. The minimum atomic E-state index is -0.485. The van der Waals surface area contributed by atoms with Gasteiger partial charge in [-0.15, -0.1) is 0 Å². The van der Waals surface area contributed by atoms with Crippen LogP contribution in [0.3, 0.4) is 0 Å². The summed E-state index contributed by atoms with van der Waals surface area (Å²) in [7, 11) is 0. The zero-order valence-electron chi connectivity index (χ0n) is 15.8. The number of nitrogens with one attached hydrogen (secondary N) is 1. The number of rotatable bonds is 7. The van der Waals surface area contributed by atoms with Gasteiger partial charge in [0.2, 0.25) is 11.8 Å². The van der Waals surface area contributed by atoms with Gasteiger partial charge in [0.15, 0.2) is 0 Å². The van der Waals surface area contributed by atoms with Crippen LogP contribution in [-0.2, 0) is 4.79 Å². The van der Waals surface area contributed by atoms with Crippen LogP contribution in [0.4, 0.5) is 5.69 Å². The van der Waals surface area contributed by atoms with Crippen molar-refractivity contribution in [2.45, 2.75) is 45.1 Å². The van der Waals surface area contributed by atoms with Crippen molar-refractivity contribution in [3.8, 4) is 0 Å². The normalized spacial score (nSPS) is 17.4. The lowest BCUT2D eigenvalue weighted by molar-refractivity contribution is -0.116. The summed E-state index contributed by atoms with van der Waals surface area (Å²) < 4.78 is 5.43. The molecule has 7 heteroatoms. The Bertz CT molecular complexity index is 798. The van der Waals surface area contributed by atoms with Gasteiger partial charge >= 0.3 is 0 Å². The SMILES string of the molecule is CC(C)c1cc([C@H]2CCCN2CCC(=O)Nc2ccc(C(N)=O)cc2)no1. The largest absolute Gasteiger partial charge is 0.366 e. The lowest BCUT2D eigenvalue weighted by atomic mass is 10.1. The predicted molar refractivity (Wildman–Crippen MR) is 102 cm³/mol. The molecule has 2 heterocycles. The number of nitrogens with zero attached hydrogens (tertiary/aromatic N) is 2. The average molecular weight is 370 g/mol. The number of likely N-dealkylation sites (tertiary alicyclic amines) is 1. The van der Waals surface area contributed by atoms with Gasteiger partial charge in [-0.2, -0.15) is 0 Å². The van der Waals surface area contributed by atoms with Gasteiger partial charge < -0.3 is 15.6 Å². The van der Waals surface area contributed by atoms with E-state index < -0.39 is 5.91 Å². The number of benzene rings is 1. The Morgan fingerprint density at radius 3 is 2.70 bits per heavy atom. The monoisotopic (exact) mass is 370 g/mol. The molecule has 7 nitrogen and oxygen atoms in total. The fourth-order valence-corrected chi connectivity index (χ4v) is 3.35. The molecule has 1 aromatic heterocycles. The summed E-state index contributed by atoms with van der Waals surface area (Å²) in [5, 5.41) is 7.09. The van der Waals surface area contributed by atoms with Crippen molar-refractivity contribution in [2.24, 2.45) is 5.73 Å². The van der Waals surface area contributed by atoms with E-state index in [2.05, 4.69) is 29.2 Å². The Hall–Kier alpha value is -2.67. The second kappa shape index (κ2) is 8.35. The van der Waals surface area contributed by atoms with E-state index in [4.69, 9.17) is 10.3 Å². The Labute approximate surface area is 158 Å². The van der Waals surface area contributed by atoms with Gasteiger partial charge in [-0.25, -0.2) is 0 Å². The summed E-state index contributed by atoms with van der Waals surface area (Å²) in [5.41, 5.74) is 7.25. The molecule has 1 aromatic carbocycles. The number of carbonyl (C=O) groups is 2. The molecule has 1 saturated heterocycles. The molecular weight excluding hydrogens is 344 g/mol. The van der Waals surface area contributed by atoms with Crippen LogP contribution in [0, 0.1) is 0 Å². The molecule has 1 atom stereocenters. The highest BCUT2D eigenvalue weighted by molar-refractivity contribution is 5.94. The summed E-state index contributed by atoms with van der Waals surface area (Å²) in [5.74, 6) is 0.666. The first-order valence-corrected chi connectivity index (χ1v) is 9.34. The number of nitrogens with two attached hydrogens (primary N) is 1. The van der Waals surface area contributed by atoms with Crippen LogP contribution in [0.5, 0.6) is 0 Å². The van der Waals surface area contributed by atoms with E-state index in [-0.39, 0.29) is 11.9 Å². The topological polar surface area (TPSA) is 101 Å². The fourth-order valence-electron chi connectivity index (χ4n) is 3.35. The van der Waals surface area contributed by atoms with Crippen LogP contribution < -0.4 is 11.1 Å². The molecule has 0 unspecified atom stereocenters.